The minimum absolute atomic E-state index is 0.0845. The van der Waals surface area contributed by atoms with Crippen LogP contribution < -0.4 is 11.3 Å². The minimum Gasteiger partial charge on any atom is -0.398 e. The fourth-order valence-corrected chi connectivity index (χ4v) is 3.86. The highest BCUT2D eigenvalue weighted by molar-refractivity contribution is 5.93. The molecule has 0 spiro atoms. The maximum absolute atomic E-state index is 13.6. The van der Waals surface area contributed by atoms with Crippen LogP contribution in [0.3, 0.4) is 0 Å². The number of fused-ring (bicyclic) bond motifs is 3. The van der Waals surface area contributed by atoms with Gasteiger partial charge in [-0.05, 0) is 44.2 Å². The smallest absolute Gasteiger partial charge is 0.279 e. The van der Waals surface area contributed by atoms with Crippen molar-refractivity contribution < 1.29 is 0 Å². The van der Waals surface area contributed by atoms with E-state index in [1.165, 1.54) is 0 Å². The van der Waals surface area contributed by atoms with E-state index < -0.39 is 0 Å². The van der Waals surface area contributed by atoms with Crippen LogP contribution in [-0.2, 0) is 0 Å². The van der Waals surface area contributed by atoms with Gasteiger partial charge in [-0.3, -0.25) is 9.36 Å². The zero-order chi connectivity index (χ0) is 20.5. The summed E-state index contributed by atoms with van der Waals surface area (Å²) in [5, 5.41) is 0. The van der Waals surface area contributed by atoms with Gasteiger partial charge in [0.25, 0.3) is 5.56 Å². The van der Waals surface area contributed by atoms with Gasteiger partial charge in [0.2, 0.25) is 0 Å². The van der Waals surface area contributed by atoms with Crippen LogP contribution in [-0.4, -0.2) is 8.97 Å². The molecular formula is C25H23N3O. The largest absolute Gasteiger partial charge is 0.398 e. The van der Waals surface area contributed by atoms with Gasteiger partial charge in [0.05, 0.1) is 16.7 Å². The topological polar surface area (TPSA) is 52.4 Å². The van der Waals surface area contributed by atoms with E-state index in [0.29, 0.717) is 11.2 Å². The monoisotopic (exact) mass is 381 g/mol. The van der Waals surface area contributed by atoms with Gasteiger partial charge in [-0.2, -0.15) is 0 Å². The van der Waals surface area contributed by atoms with E-state index in [-0.39, 0.29) is 5.56 Å². The molecule has 144 valence electrons. The van der Waals surface area contributed by atoms with Crippen molar-refractivity contribution in [2.75, 3.05) is 0 Å². The Labute approximate surface area is 169 Å². The van der Waals surface area contributed by atoms with E-state index in [1.807, 2.05) is 91.1 Å². The molecule has 0 radical (unpaired) electrons. The third-order valence-electron chi connectivity index (χ3n) is 5.15. The van der Waals surface area contributed by atoms with Crippen LogP contribution in [0.25, 0.3) is 40.1 Å². The van der Waals surface area contributed by atoms with E-state index >= 15 is 0 Å². The zero-order valence-electron chi connectivity index (χ0n) is 16.6. The average molecular weight is 381 g/mol. The van der Waals surface area contributed by atoms with Gasteiger partial charge in [0.15, 0.2) is 0 Å². The predicted octanol–water partition coefficient (Wildman–Crippen LogP) is 5.24. The molecule has 2 N–H and O–H groups in total. The Morgan fingerprint density at radius 1 is 1.03 bits per heavy atom. The molecule has 2 heterocycles. The molecule has 2 aromatic carbocycles. The Hall–Kier alpha value is -3.79. The Morgan fingerprint density at radius 2 is 1.79 bits per heavy atom. The third-order valence-corrected chi connectivity index (χ3v) is 5.15. The van der Waals surface area contributed by atoms with E-state index in [4.69, 9.17) is 5.73 Å². The first-order valence-electron chi connectivity index (χ1n) is 9.58. The van der Waals surface area contributed by atoms with Crippen molar-refractivity contribution in [1.29, 1.82) is 0 Å². The van der Waals surface area contributed by atoms with Crippen molar-refractivity contribution in [3.05, 3.63) is 101 Å². The number of para-hydroxylation sites is 2. The lowest BCUT2D eigenvalue weighted by atomic mass is 10.1. The molecule has 4 aromatic rings. The number of hydrogen-bond donors (Lipinski definition) is 1. The standard InChI is InChI=1S/C25H23N3O/c1-4-11-17-16-23-25(29)27(18-12-8-7-9-13-18)22-15-10-14-19(20(26)5-2)24(22)28(23)21(17)6-3/h4-16H,3,26H2,1-2H3/b11-4-,20-5+. The van der Waals surface area contributed by atoms with Gasteiger partial charge < -0.3 is 10.1 Å². The van der Waals surface area contributed by atoms with Crippen LogP contribution in [0.4, 0.5) is 0 Å². The first-order chi connectivity index (χ1) is 14.1. The maximum Gasteiger partial charge on any atom is 0.279 e. The van der Waals surface area contributed by atoms with Gasteiger partial charge in [0, 0.05) is 22.5 Å². The van der Waals surface area contributed by atoms with Crippen molar-refractivity contribution in [2.45, 2.75) is 13.8 Å². The number of nitrogens with zero attached hydrogens (tertiary/aromatic N) is 2. The van der Waals surface area contributed by atoms with Crippen molar-refractivity contribution in [1.82, 2.24) is 8.97 Å². The fourth-order valence-electron chi connectivity index (χ4n) is 3.86. The summed E-state index contributed by atoms with van der Waals surface area (Å²) >= 11 is 0. The van der Waals surface area contributed by atoms with Crippen LogP contribution in [0.1, 0.15) is 30.7 Å². The van der Waals surface area contributed by atoms with E-state index in [2.05, 4.69) is 6.58 Å². The highest BCUT2D eigenvalue weighted by Crippen LogP contribution is 2.29. The van der Waals surface area contributed by atoms with Gasteiger partial charge >= 0.3 is 0 Å². The van der Waals surface area contributed by atoms with Gasteiger partial charge in [-0.15, -0.1) is 0 Å². The van der Waals surface area contributed by atoms with Crippen LogP contribution in [0.2, 0.25) is 0 Å². The van der Waals surface area contributed by atoms with E-state index in [1.54, 1.807) is 10.6 Å². The van der Waals surface area contributed by atoms with Gasteiger partial charge in [0.1, 0.15) is 5.52 Å². The van der Waals surface area contributed by atoms with Crippen molar-refractivity contribution in [3.8, 4) is 5.69 Å². The fraction of sp³-hybridized carbons (Fsp3) is 0.0800. The lowest BCUT2D eigenvalue weighted by Crippen LogP contribution is -2.22. The quantitative estimate of drug-likeness (QED) is 0.526. The van der Waals surface area contributed by atoms with Crippen molar-refractivity contribution in [3.63, 3.8) is 0 Å². The normalized spacial score (nSPS) is 12.3. The summed E-state index contributed by atoms with van der Waals surface area (Å²) in [4.78, 5) is 13.6. The molecule has 0 unspecified atom stereocenters. The number of hydrogen-bond acceptors (Lipinski definition) is 2. The van der Waals surface area contributed by atoms with Crippen LogP contribution in [0, 0.1) is 0 Å². The number of allylic oxidation sites excluding steroid dienone is 2. The molecule has 0 aliphatic heterocycles. The Balaban J connectivity index is 2.35. The van der Waals surface area contributed by atoms with Crippen LogP contribution >= 0.6 is 0 Å². The molecule has 4 nitrogen and oxygen atoms in total. The molecule has 0 saturated heterocycles. The predicted molar refractivity (Wildman–Crippen MR) is 123 cm³/mol. The second-order valence-corrected chi connectivity index (χ2v) is 6.80. The molecule has 0 aliphatic carbocycles. The maximum atomic E-state index is 13.6. The number of rotatable bonds is 4. The highest BCUT2D eigenvalue weighted by atomic mass is 16.1. The summed E-state index contributed by atoms with van der Waals surface area (Å²) in [5.41, 5.74) is 12.7. The molecule has 0 aliphatic rings. The Bertz CT molecular complexity index is 1350. The molecule has 0 atom stereocenters. The summed E-state index contributed by atoms with van der Waals surface area (Å²) in [6.45, 7) is 7.87. The molecule has 4 heteroatoms. The Morgan fingerprint density at radius 3 is 2.45 bits per heavy atom. The van der Waals surface area contributed by atoms with E-state index in [9.17, 15) is 4.79 Å². The van der Waals surface area contributed by atoms with Crippen molar-refractivity contribution >= 4 is 34.4 Å². The molecule has 0 saturated carbocycles. The molecule has 0 bridgehead atoms. The zero-order valence-corrected chi connectivity index (χ0v) is 16.6. The third kappa shape index (κ3) is 2.81. The van der Waals surface area contributed by atoms with Crippen LogP contribution in [0.15, 0.2) is 78.1 Å². The molecule has 2 aromatic heterocycles. The lowest BCUT2D eigenvalue weighted by molar-refractivity contribution is 1.02. The first kappa shape index (κ1) is 18.6. The summed E-state index contributed by atoms with van der Waals surface area (Å²) < 4.78 is 3.73. The lowest BCUT2D eigenvalue weighted by Gasteiger charge is -2.16. The second-order valence-electron chi connectivity index (χ2n) is 6.80. The summed E-state index contributed by atoms with van der Waals surface area (Å²) in [5.74, 6) is 0. The SMILES string of the molecule is C=Cc1c(/C=C\C)cc2c(=O)n(-c3ccccc3)c3cccc(/C(N)=C\C)c3n12. The summed E-state index contributed by atoms with van der Waals surface area (Å²) in [6, 6.07) is 17.5. The number of benzene rings is 2. The average Bonchev–Trinajstić information content (AvgIpc) is 3.12. The van der Waals surface area contributed by atoms with Gasteiger partial charge in [-0.1, -0.05) is 55.1 Å². The van der Waals surface area contributed by atoms with Crippen LogP contribution in [0.5, 0.6) is 0 Å². The number of nitrogens with two attached hydrogens (primary N) is 1. The molecule has 0 fully saturated rings. The minimum atomic E-state index is -0.0845. The molecular weight excluding hydrogens is 358 g/mol. The highest BCUT2D eigenvalue weighted by Gasteiger charge is 2.19. The number of aromatic nitrogens is 2. The summed E-state index contributed by atoms with van der Waals surface area (Å²) in [7, 11) is 0. The van der Waals surface area contributed by atoms with Crippen molar-refractivity contribution in [2.24, 2.45) is 5.73 Å². The summed E-state index contributed by atoms with van der Waals surface area (Å²) in [6.07, 6.45) is 7.61. The molecule has 4 rings (SSSR count). The Kier molecular flexibility index (Phi) is 4.69. The second kappa shape index (κ2) is 7.32. The first-order valence-corrected chi connectivity index (χ1v) is 9.58. The molecule has 0 amide bonds. The van der Waals surface area contributed by atoms with E-state index in [0.717, 1.165) is 33.5 Å². The van der Waals surface area contributed by atoms with Gasteiger partial charge in [-0.25, -0.2) is 0 Å². The molecule has 29 heavy (non-hydrogen) atoms.